The SMILES string of the molecule is NC[C@H]1O[C@@H](O[C@H]2[C@@H](O)[C@@H](O[C@@H]3[C@@H](O)[C@H](N)C[C@H](N)[C@H]3O[C@H]3O[C@H](CN)[C@@H](O)[C@H](O)[C@H]3N)O[C@@H]2CO)[C@@H](N)[C@H](O)[C@H]1O.O=S(=O)(O)O. The zero-order valence-corrected chi connectivity index (χ0v) is 25.8. The van der Waals surface area contributed by atoms with Gasteiger partial charge in [0.1, 0.15) is 67.1 Å². The van der Waals surface area contributed by atoms with Gasteiger partial charge in [0.05, 0.1) is 24.8 Å². The Morgan fingerprint density at radius 1 is 0.574 bits per heavy atom. The number of rotatable bonds is 9. The van der Waals surface area contributed by atoms with Gasteiger partial charge in [-0.15, -0.1) is 0 Å². The lowest BCUT2D eigenvalue weighted by atomic mass is 9.84. The smallest absolute Gasteiger partial charge is 0.394 e. The monoisotopic (exact) mass is 712 g/mol. The third-order valence-electron chi connectivity index (χ3n) is 8.37. The summed E-state index contributed by atoms with van der Waals surface area (Å²) in [6, 6.07) is -4.18. The van der Waals surface area contributed by atoms with Crippen LogP contribution >= 0.6 is 0 Å². The van der Waals surface area contributed by atoms with Crippen molar-refractivity contribution in [1.82, 2.24) is 0 Å². The molecule has 4 fully saturated rings. The summed E-state index contributed by atoms with van der Waals surface area (Å²) >= 11 is 0. The first-order valence-electron chi connectivity index (χ1n) is 14.6. The number of aliphatic hydroxyl groups excluding tert-OH is 7. The number of aliphatic hydroxyl groups is 7. The third-order valence-corrected chi connectivity index (χ3v) is 8.37. The lowest BCUT2D eigenvalue weighted by Gasteiger charge is -2.47. The summed E-state index contributed by atoms with van der Waals surface area (Å²) in [5, 5.41) is 73.0. The summed E-state index contributed by atoms with van der Waals surface area (Å²) in [4.78, 5) is 0. The highest BCUT2D eigenvalue weighted by Crippen LogP contribution is 2.34. The molecule has 0 spiro atoms. The molecule has 47 heavy (non-hydrogen) atoms. The largest absolute Gasteiger partial charge is 0.394 e. The van der Waals surface area contributed by atoms with Crippen molar-refractivity contribution in [2.24, 2.45) is 34.4 Å². The summed E-state index contributed by atoms with van der Waals surface area (Å²) in [6.07, 6.45) is -19.8. The van der Waals surface area contributed by atoms with Gasteiger partial charge in [-0.1, -0.05) is 0 Å². The van der Waals surface area contributed by atoms with Gasteiger partial charge in [0.15, 0.2) is 18.9 Å². The average molecular weight is 713 g/mol. The molecule has 278 valence electrons. The van der Waals surface area contributed by atoms with Crippen molar-refractivity contribution in [3.63, 3.8) is 0 Å². The number of hydrogen-bond donors (Lipinski definition) is 15. The zero-order valence-electron chi connectivity index (χ0n) is 25.0. The molecular formula is C23H48N6O17S. The van der Waals surface area contributed by atoms with Gasteiger partial charge in [0.2, 0.25) is 0 Å². The first-order chi connectivity index (χ1) is 21.8. The Hall–Kier alpha value is -0.890. The minimum atomic E-state index is -4.67. The molecule has 4 aliphatic rings. The molecule has 3 heterocycles. The second-order valence-electron chi connectivity index (χ2n) is 11.7. The first kappa shape index (κ1) is 40.5. The molecule has 24 heteroatoms. The summed E-state index contributed by atoms with van der Waals surface area (Å²) in [6.45, 7) is -0.967. The molecule has 0 aromatic carbocycles. The van der Waals surface area contributed by atoms with Crippen LogP contribution < -0.4 is 34.4 Å². The Balaban J connectivity index is 0.00000111. The molecule has 0 aromatic heterocycles. The number of nitrogens with two attached hydrogens (primary N) is 6. The number of hydrogen-bond acceptors (Lipinski definition) is 21. The van der Waals surface area contributed by atoms with E-state index < -0.39 is 133 Å². The van der Waals surface area contributed by atoms with E-state index in [0.717, 1.165) is 0 Å². The molecule has 4 rings (SSSR count). The Labute approximate surface area is 269 Å². The van der Waals surface area contributed by atoms with Crippen LogP contribution in [-0.2, 0) is 38.8 Å². The van der Waals surface area contributed by atoms with Crippen molar-refractivity contribution in [3.8, 4) is 0 Å². The Bertz CT molecular complexity index is 1080. The van der Waals surface area contributed by atoms with Gasteiger partial charge in [0.25, 0.3) is 0 Å². The standard InChI is InChI=1S/C23H46N6O13.H2O4S/c24-2-7-13(32)15(34)10(28)21(37-7)40-18-6(27)1-5(26)12(31)20(18)42-23-17(36)19(9(4-30)39-23)41-22-11(29)16(35)14(33)8(3-25)38-22;1-5(2,3)4/h5-23,30-36H,1-4,24-29H2;(H2,1,2,3,4)/t5-,6+,7-,8-,9-,10-,11+,12+,13-,14+,15-,16+,17-,18-,19-,20-,21-,22+,23-;/m1./s1. The van der Waals surface area contributed by atoms with Crippen LogP contribution in [0.4, 0.5) is 0 Å². The lowest BCUT2D eigenvalue weighted by molar-refractivity contribution is -0.306. The molecule has 0 bridgehead atoms. The van der Waals surface area contributed by atoms with E-state index in [2.05, 4.69) is 0 Å². The molecule has 23 nitrogen and oxygen atoms in total. The molecule has 19 atom stereocenters. The molecule has 3 saturated heterocycles. The van der Waals surface area contributed by atoms with Gasteiger partial charge in [-0.05, 0) is 6.42 Å². The van der Waals surface area contributed by atoms with Gasteiger partial charge >= 0.3 is 10.4 Å². The second-order valence-corrected chi connectivity index (χ2v) is 12.6. The van der Waals surface area contributed by atoms with Gasteiger partial charge in [-0.25, -0.2) is 0 Å². The maximum Gasteiger partial charge on any atom is 0.394 e. The maximum absolute atomic E-state index is 11.1. The Kier molecular flexibility index (Phi) is 14.6. The van der Waals surface area contributed by atoms with Gasteiger partial charge in [-0.2, -0.15) is 8.42 Å². The van der Waals surface area contributed by atoms with E-state index in [1.807, 2.05) is 0 Å². The van der Waals surface area contributed by atoms with Crippen LogP contribution in [0.25, 0.3) is 0 Å². The van der Waals surface area contributed by atoms with Crippen LogP contribution in [0.5, 0.6) is 0 Å². The van der Waals surface area contributed by atoms with Crippen LogP contribution in [-0.4, -0.2) is 189 Å². The molecule has 3 aliphatic heterocycles. The van der Waals surface area contributed by atoms with Gasteiger partial charge in [-0.3, -0.25) is 9.11 Å². The topological polar surface area (TPSA) is 428 Å². The van der Waals surface area contributed by atoms with Crippen LogP contribution in [0.1, 0.15) is 6.42 Å². The molecule has 1 aliphatic carbocycles. The second kappa shape index (κ2) is 16.9. The van der Waals surface area contributed by atoms with Crippen molar-refractivity contribution in [1.29, 1.82) is 0 Å². The molecule has 0 unspecified atom stereocenters. The van der Waals surface area contributed by atoms with E-state index in [1.165, 1.54) is 0 Å². The normalized spacial score (nSPS) is 49.3. The van der Waals surface area contributed by atoms with Crippen molar-refractivity contribution >= 4 is 10.4 Å². The highest BCUT2D eigenvalue weighted by atomic mass is 32.3. The fourth-order valence-corrected chi connectivity index (χ4v) is 5.74. The Morgan fingerprint density at radius 3 is 1.40 bits per heavy atom. The minimum absolute atomic E-state index is 0.0889. The number of ether oxygens (including phenoxy) is 6. The molecule has 21 N–H and O–H groups in total. The summed E-state index contributed by atoms with van der Waals surface area (Å²) in [5.41, 5.74) is 35.6. The maximum atomic E-state index is 11.1. The van der Waals surface area contributed by atoms with Crippen LogP contribution in [0, 0.1) is 0 Å². The van der Waals surface area contributed by atoms with Crippen molar-refractivity contribution in [2.75, 3.05) is 19.7 Å². The van der Waals surface area contributed by atoms with Gasteiger partial charge < -0.3 is 98.6 Å². The van der Waals surface area contributed by atoms with E-state index >= 15 is 0 Å². The fraction of sp³-hybridized carbons (Fsp3) is 1.00. The fourth-order valence-electron chi connectivity index (χ4n) is 5.74. The first-order valence-corrected chi connectivity index (χ1v) is 16.0. The minimum Gasteiger partial charge on any atom is -0.394 e. The lowest BCUT2D eigenvalue weighted by Crippen LogP contribution is -2.68. The van der Waals surface area contributed by atoms with E-state index in [1.54, 1.807) is 0 Å². The highest BCUT2D eigenvalue weighted by Gasteiger charge is 2.54. The predicted molar refractivity (Wildman–Crippen MR) is 153 cm³/mol. The Morgan fingerprint density at radius 2 is 0.979 bits per heavy atom. The summed E-state index contributed by atoms with van der Waals surface area (Å²) < 4.78 is 66.2. The molecule has 0 amide bonds. The van der Waals surface area contributed by atoms with E-state index in [-0.39, 0.29) is 19.5 Å². The van der Waals surface area contributed by atoms with Crippen LogP contribution in [0.15, 0.2) is 0 Å². The van der Waals surface area contributed by atoms with E-state index in [0.29, 0.717) is 0 Å². The van der Waals surface area contributed by atoms with Crippen molar-refractivity contribution < 1.29 is 81.7 Å². The summed E-state index contributed by atoms with van der Waals surface area (Å²) in [7, 11) is -4.67. The van der Waals surface area contributed by atoms with Crippen LogP contribution in [0.2, 0.25) is 0 Å². The van der Waals surface area contributed by atoms with E-state index in [4.69, 9.17) is 80.3 Å². The van der Waals surface area contributed by atoms with Gasteiger partial charge in [0, 0.05) is 25.2 Å². The van der Waals surface area contributed by atoms with Crippen molar-refractivity contribution in [3.05, 3.63) is 0 Å². The van der Waals surface area contributed by atoms with Crippen LogP contribution in [0.3, 0.4) is 0 Å². The zero-order chi connectivity index (χ0) is 35.5. The van der Waals surface area contributed by atoms with Crippen molar-refractivity contribution in [2.45, 2.75) is 123 Å². The predicted octanol–water partition coefficient (Wildman–Crippen LogP) is -9.55. The average Bonchev–Trinajstić information content (AvgIpc) is 3.30. The molecule has 1 saturated carbocycles. The molecule has 0 aromatic rings. The molecule has 0 radical (unpaired) electrons. The van der Waals surface area contributed by atoms with E-state index in [9.17, 15) is 35.7 Å². The third kappa shape index (κ3) is 9.67. The quantitative estimate of drug-likeness (QED) is 0.0986. The molecular weight excluding hydrogens is 664 g/mol. The highest BCUT2D eigenvalue weighted by molar-refractivity contribution is 7.79. The summed E-state index contributed by atoms with van der Waals surface area (Å²) in [5.74, 6) is 0.